The van der Waals surface area contributed by atoms with Crippen LogP contribution in [0.5, 0.6) is 0 Å². The molecule has 0 saturated carbocycles. The molecule has 0 fully saturated rings. The third-order valence-electron chi connectivity index (χ3n) is 7.36. The van der Waals surface area contributed by atoms with Crippen LogP contribution >= 0.6 is 11.3 Å². The fourth-order valence-electron chi connectivity index (χ4n) is 5.72. The summed E-state index contributed by atoms with van der Waals surface area (Å²) < 4.78 is 4.74. The monoisotopic (exact) mass is 503 g/mol. The predicted molar refractivity (Wildman–Crippen MR) is 160 cm³/mol. The van der Waals surface area contributed by atoms with Gasteiger partial charge in [-0.25, -0.2) is 9.97 Å². The Morgan fingerprint density at radius 2 is 1.08 bits per heavy atom. The van der Waals surface area contributed by atoms with Gasteiger partial charge in [0.25, 0.3) is 0 Å². The third-order valence-corrected chi connectivity index (χ3v) is 8.52. The molecule has 8 aromatic rings. The zero-order chi connectivity index (χ0) is 25.1. The first kappa shape index (κ1) is 21.3. The topological polar surface area (TPSA) is 30.7 Å². The minimum Gasteiger partial charge on any atom is -0.309 e. The highest BCUT2D eigenvalue weighted by Crippen LogP contribution is 2.42. The van der Waals surface area contributed by atoms with Crippen LogP contribution in [0.15, 0.2) is 128 Å². The Balaban J connectivity index is 1.43. The Morgan fingerprint density at radius 1 is 0.500 bits per heavy atom. The molecule has 0 aliphatic rings. The van der Waals surface area contributed by atoms with Gasteiger partial charge in [0.2, 0.25) is 0 Å². The Morgan fingerprint density at radius 3 is 1.84 bits per heavy atom. The number of para-hydroxylation sites is 3. The van der Waals surface area contributed by atoms with E-state index < -0.39 is 0 Å². The molecule has 0 saturated heterocycles. The van der Waals surface area contributed by atoms with E-state index in [0.717, 1.165) is 32.7 Å². The fraction of sp³-hybridized carbons (Fsp3) is 0. The maximum Gasteiger partial charge on any atom is 0.116 e. The Labute approximate surface area is 223 Å². The van der Waals surface area contributed by atoms with Crippen molar-refractivity contribution in [2.45, 2.75) is 0 Å². The number of nitrogens with zero attached hydrogens (tertiary/aromatic N) is 3. The van der Waals surface area contributed by atoms with Gasteiger partial charge in [-0.15, -0.1) is 11.3 Å². The zero-order valence-electron chi connectivity index (χ0n) is 20.4. The molecule has 0 atom stereocenters. The summed E-state index contributed by atoms with van der Waals surface area (Å²) in [5.74, 6) is 0. The van der Waals surface area contributed by atoms with Crippen LogP contribution in [0.25, 0.3) is 70.2 Å². The molecule has 178 valence electrons. The maximum absolute atomic E-state index is 4.84. The van der Waals surface area contributed by atoms with Crippen LogP contribution in [0.1, 0.15) is 0 Å². The molecule has 0 unspecified atom stereocenters. The van der Waals surface area contributed by atoms with Crippen molar-refractivity contribution in [2.24, 2.45) is 0 Å². The van der Waals surface area contributed by atoms with Crippen molar-refractivity contribution in [2.75, 3.05) is 0 Å². The first-order valence-electron chi connectivity index (χ1n) is 12.7. The number of fused-ring (bicyclic) bond motifs is 6. The summed E-state index contributed by atoms with van der Waals surface area (Å²) in [6, 6.07) is 43.1. The molecule has 0 radical (unpaired) electrons. The summed E-state index contributed by atoms with van der Waals surface area (Å²) in [5, 5.41) is 3.70. The highest BCUT2D eigenvalue weighted by molar-refractivity contribution is 7.26. The largest absolute Gasteiger partial charge is 0.309 e. The van der Waals surface area contributed by atoms with Crippen LogP contribution < -0.4 is 0 Å². The second-order valence-corrected chi connectivity index (χ2v) is 10.5. The Kier molecular flexibility index (Phi) is 4.69. The average Bonchev–Trinajstić information content (AvgIpc) is 3.53. The van der Waals surface area contributed by atoms with E-state index >= 15 is 0 Å². The standard InChI is InChI=1S/C34H21N3S/c1-2-15-26(32-34-33(36-21-35-32)27-16-6-10-20-31(27)38-34)22(11-1)23-12-3-7-17-28(23)37-29-18-8-4-13-24(29)25-14-5-9-19-30(25)37/h1-21H. The molecule has 3 nitrogen and oxygen atoms in total. The zero-order valence-corrected chi connectivity index (χ0v) is 21.2. The van der Waals surface area contributed by atoms with Crippen molar-refractivity contribution in [1.82, 2.24) is 14.5 Å². The number of aromatic nitrogens is 3. The van der Waals surface area contributed by atoms with E-state index in [0.29, 0.717) is 0 Å². The van der Waals surface area contributed by atoms with Crippen LogP contribution in [-0.2, 0) is 0 Å². The first-order valence-corrected chi connectivity index (χ1v) is 13.5. The summed E-state index contributed by atoms with van der Waals surface area (Å²) in [5.41, 5.74) is 8.98. The normalized spacial score (nSPS) is 11.7. The molecule has 3 aromatic heterocycles. The molecule has 0 amide bonds. The predicted octanol–water partition coefficient (Wildman–Crippen LogP) is 9.28. The average molecular weight is 504 g/mol. The number of rotatable bonds is 3. The second-order valence-electron chi connectivity index (χ2n) is 9.43. The number of hydrogen-bond acceptors (Lipinski definition) is 3. The van der Waals surface area contributed by atoms with Gasteiger partial charge in [-0.1, -0.05) is 97.1 Å². The first-order chi connectivity index (χ1) is 18.9. The summed E-state index contributed by atoms with van der Waals surface area (Å²) in [7, 11) is 0. The van der Waals surface area contributed by atoms with Crippen molar-refractivity contribution in [3.8, 4) is 28.1 Å². The van der Waals surface area contributed by atoms with Gasteiger partial charge < -0.3 is 4.57 Å². The van der Waals surface area contributed by atoms with Gasteiger partial charge >= 0.3 is 0 Å². The maximum atomic E-state index is 4.84. The minimum absolute atomic E-state index is 0.976. The molecule has 5 aromatic carbocycles. The van der Waals surface area contributed by atoms with Crippen LogP contribution in [0.4, 0.5) is 0 Å². The molecule has 0 spiro atoms. The van der Waals surface area contributed by atoms with E-state index in [1.165, 1.54) is 37.5 Å². The quantitative estimate of drug-likeness (QED) is 0.240. The van der Waals surface area contributed by atoms with Gasteiger partial charge in [-0.3, -0.25) is 0 Å². The molecular weight excluding hydrogens is 482 g/mol. The number of benzene rings is 5. The molecule has 4 heteroatoms. The van der Waals surface area contributed by atoms with Crippen LogP contribution in [0.2, 0.25) is 0 Å². The van der Waals surface area contributed by atoms with Crippen molar-refractivity contribution < 1.29 is 0 Å². The van der Waals surface area contributed by atoms with Crippen molar-refractivity contribution >= 4 is 53.4 Å². The smallest absolute Gasteiger partial charge is 0.116 e. The van der Waals surface area contributed by atoms with Gasteiger partial charge in [-0.05, 0) is 29.8 Å². The Hall–Kier alpha value is -4.80. The summed E-state index contributed by atoms with van der Waals surface area (Å²) >= 11 is 1.76. The third kappa shape index (κ3) is 3.07. The molecular formula is C34H21N3S. The molecule has 0 bridgehead atoms. The highest BCUT2D eigenvalue weighted by atomic mass is 32.1. The highest BCUT2D eigenvalue weighted by Gasteiger charge is 2.19. The van der Waals surface area contributed by atoms with E-state index in [-0.39, 0.29) is 0 Å². The molecule has 0 N–H and O–H groups in total. The summed E-state index contributed by atoms with van der Waals surface area (Å²) in [6.45, 7) is 0. The van der Waals surface area contributed by atoms with Crippen molar-refractivity contribution in [3.63, 3.8) is 0 Å². The summed E-state index contributed by atoms with van der Waals surface area (Å²) in [6.07, 6.45) is 1.70. The van der Waals surface area contributed by atoms with Gasteiger partial charge in [0.05, 0.1) is 32.6 Å². The van der Waals surface area contributed by atoms with Crippen molar-refractivity contribution in [3.05, 3.63) is 128 Å². The van der Waals surface area contributed by atoms with Crippen LogP contribution in [-0.4, -0.2) is 14.5 Å². The lowest BCUT2D eigenvalue weighted by atomic mass is 9.95. The molecule has 3 heterocycles. The van der Waals surface area contributed by atoms with E-state index in [2.05, 4.69) is 131 Å². The Bertz CT molecular complexity index is 2100. The number of thiophene rings is 1. The van der Waals surface area contributed by atoms with Gasteiger partial charge in [0, 0.05) is 32.0 Å². The lowest BCUT2D eigenvalue weighted by molar-refractivity contribution is 1.18. The van der Waals surface area contributed by atoms with Crippen molar-refractivity contribution in [1.29, 1.82) is 0 Å². The minimum atomic E-state index is 0.976. The van der Waals surface area contributed by atoms with Crippen LogP contribution in [0.3, 0.4) is 0 Å². The molecule has 8 rings (SSSR count). The lowest BCUT2D eigenvalue weighted by Crippen LogP contribution is -1.98. The van der Waals surface area contributed by atoms with E-state index in [9.17, 15) is 0 Å². The van der Waals surface area contributed by atoms with Gasteiger partial charge in [0.1, 0.15) is 6.33 Å². The van der Waals surface area contributed by atoms with Gasteiger partial charge in [0.15, 0.2) is 0 Å². The van der Waals surface area contributed by atoms with Crippen LogP contribution in [0, 0.1) is 0 Å². The second kappa shape index (κ2) is 8.37. The molecule has 38 heavy (non-hydrogen) atoms. The van der Waals surface area contributed by atoms with E-state index in [1.807, 2.05) is 0 Å². The summed E-state index contributed by atoms with van der Waals surface area (Å²) in [4.78, 5) is 9.52. The van der Waals surface area contributed by atoms with E-state index in [4.69, 9.17) is 4.98 Å². The number of hydrogen-bond donors (Lipinski definition) is 0. The molecule has 0 aliphatic carbocycles. The van der Waals surface area contributed by atoms with Gasteiger partial charge in [-0.2, -0.15) is 0 Å². The SMILES string of the molecule is c1ccc(-c2ncnc3c2sc2ccccc23)c(-c2ccccc2-n2c3ccccc3c3ccccc32)c1. The molecule has 0 aliphatic heterocycles. The lowest BCUT2D eigenvalue weighted by Gasteiger charge is -2.16. The fourth-order valence-corrected chi connectivity index (χ4v) is 6.88. The van der Waals surface area contributed by atoms with E-state index in [1.54, 1.807) is 17.7 Å².